The molecule has 0 aromatic carbocycles. The molecular formula is C14H21N3O2S. The largest absolute Gasteiger partial charge is 0.391 e. The predicted molar refractivity (Wildman–Crippen MR) is 79.9 cm³/mol. The van der Waals surface area contributed by atoms with Gasteiger partial charge in [0, 0.05) is 24.3 Å². The fourth-order valence-corrected chi connectivity index (χ4v) is 3.03. The molecule has 0 spiro atoms. The molecule has 5 nitrogen and oxygen atoms in total. The molecule has 0 saturated heterocycles. The van der Waals surface area contributed by atoms with Gasteiger partial charge in [-0.25, -0.2) is 4.98 Å². The fourth-order valence-electron chi connectivity index (χ4n) is 2.31. The van der Waals surface area contributed by atoms with Gasteiger partial charge in [0.1, 0.15) is 0 Å². The Morgan fingerprint density at radius 2 is 2.25 bits per heavy atom. The van der Waals surface area contributed by atoms with Crippen molar-refractivity contribution in [3.8, 4) is 0 Å². The van der Waals surface area contributed by atoms with Crippen LogP contribution in [0.4, 0.5) is 0 Å². The Bertz CT molecular complexity index is 531. The molecule has 20 heavy (non-hydrogen) atoms. The lowest BCUT2D eigenvalue weighted by Crippen LogP contribution is -2.36. The standard InChI is InChI=1S/C14H21N3O2S/c1-3-10(4-2)12(18)8-15-13(19)7-11-9-17-5-6-20-14(17)16-11/h5-6,9-10,12,18H,3-4,7-8H2,1-2H3,(H,15,19). The first-order chi connectivity index (χ1) is 9.63. The summed E-state index contributed by atoms with van der Waals surface area (Å²) in [6, 6.07) is 0. The maximum Gasteiger partial charge on any atom is 0.226 e. The van der Waals surface area contributed by atoms with Crippen LogP contribution in [0.15, 0.2) is 17.8 Å². The third-order valence-corrected chi connectivity index (χ3v) is 4.36. The molecule has 2 aromatic rings. The topological polar surface area (TPSA) is 66.6 Å². The van der Waals surface area contributed by atoms with Crippen molar-refractivity contribution in [1.29, 1.82) is 0 Å². The smallest absolute Gasteiger partial charge is 0.226 e. The van der Waals surface area contributed by atoms with Gasteiger partial charge in [0.15, 0.2) is 4.96 Å². The van der Waals surface area contributed by atoms with Crippen LogP contribution in [0.1, 0.15) is 32.4 Å². The highest BCUT2D eigenvalue weighted by atomic mass is 32.1. The van der Waals surface area contributed by atoms with E-state index in [0.29, 0.717) is 6.54 Å². The first-order valence-corrected chi connectivity index (χ1v) is 7.87. The van der Waals surface area contributed by atoms with E-state index in [9.17, 15) is 9.90 Å². The third kappa shape index (κ3) is 3.58. The number of hydrogen-bond acceptors (Lipinski definition) is 4. The molecule has 2 heterocycles. The molecule has 6 heteroatoms. The molecule has 2 aromatic heterocycles. The Balaban J connectivity index is 1.82. The lowest BCUT2D eigenvalue weighted by Gasteiger charge is -2.20. The van der Waals surface area contributed by atoms with Gasteiger partial charge in [0.25, 0.3) is 0 Å². The highest BCUT2D eigenvalue weighted by Crippen LogP contribution is 2.13. The molecule has 0 bridgehead atoms. The number of carbonyl (C=O) groups is 1. The molecule has 0 radical (unpaired) electrons. The Morgan fingerprint density at radius 1 is 1.50 bits per heavy atom. The van der Waals surface area contributed by atoms with Crippen LogP contribution in [0.3, 0.4) is 0 Å². The number of nitrogens with zero attached hydrogens (tertiary/aromatic N) is 2. The summed E-state index contributed by atoms with van der Waals surface area (Å²) in [5, 5.41) is 14.7. The zero-order valence-electron chi connectivity index (χ0n) is 11.9. The molecule has 0 aliphatic rings. The normalized spacial score (nSPS) is 13.0. The van der Waals surface area contributed by atoms with E-state index in [4.69, 9.17) is 0 Å². The van der Waals surface area contributed by atoms with Crippen LogP contribution < -0.4 is 5.32 Å². The minimum Gasteiger partial charge on any atom is -0.391 e. The van der Waals surface area contributed by atoms with Crippen molar-refractivity contribution in [1.82, 2.24) is 14.7 Å². The third-order valence-electron chi connectivity index (χ3n) is 3.59. The second-order valence-corrected chi connectivity index (χ2v) is 5.82. The molecule has 1 unspecified atom stereocenters. The van der Waals surface area contributed by atoms with Crippen molar-refractivity contribution in [3.05, 3.63) is 23.5 Å². The average molecular weight is 295 g/mol. The first kappa shape index (κ1) is 15.0. The van der Waals surface area contributed by atoms with Crippen molar-refractivity contribution in [3.63, 3.8) is 0 Å². The Labute approximate surface area is 122 Å². The highest BCUT2D eigenvalue weighted by Gasteiger charge is 2.16. The summed E-state index contributed by atoms with van der Waals surface area (Å²) < 4.78 is 1.91. The van der Waals surface area contributed by atoms with E-state index in [1.54, 1.807) is 11.3 Å². The van der Waals surface area contributed by atoms with Gasteiger partial charge in [-0.1, -0.05) is 26.7 Å². The van der Waals surface area contributed by atoms with E-state index in [-0.39, 0.29) is 18.2 Å². The predicted octanol–water partition coefficient (Wildman–Crippen LogP) is 1.85. The summed E-state index contributed by atoms with van der Waals surface area (Å²) in [6.07, 6.45) is 5.41. The van der Waals surface area contributed by atoms with Crippen molar-refractivity contribution in [2.24, 2.45) is 5.92 Å². The van der Waals surface area contributed by atoms with Gasteiger partial charge < -0.3 is 10.4 Å². The van der Waals surface area contributed by atoms with E-state index < -0.39 is 6.10 Å². The van der Waals surface area contributed by atoms with Crippen molar-refractivity contribution in [2.45, 2.75) is 39.2 Å². The first-order valence-electron chi connectivity index (χ1n) is 6.99. The zero-order chi connectivity index (χ0) is 14.5. The monoisotopic (exact) mass is 295 g/mol. The summed E-state index contributed by atoms with van der Waals surface area (Å²) in [5.74, 6) is 0.147. The number of aliphatic hydroxyl groups excluding tert-OH is 1. The van der Waals surface area contributed by atoms with Gasteiger partial charge in [-0.15, -0.1) is 11.3 Å². The number of carbonyl (C=O) groups excluding carboxylic acids is 1. The van der Waals surface area contributed by atoms with E-state index in [1.807, 2.05) is 22.2 Å². The van der Waals surface area contributed by atoms with Gasteiger partial charge >= 0.3 is 0 Å². The van der Waals surface area contributed by atoms with Crippen LogP contribution in [0.25, 0.3) is 4.96 Å². The lowest BCUT2D eigenvalue weighted by molar-refractivity contribution is -0.121. The van der Waals surface area contributed by atoms with E-state index in [1.165, 1.54) is 0 Å². The number of imidazole rings is 1. The van der Waals surface area contributed by atoms with Gasteiger partial charge in [0.2, 0.25) is 5.91 Å². The molecule has 2 N–H and O–H groups in total. The average Bonchev–Trinajstić information content (AvgIpc) is 2.98. The van der Waals surface area contributed by atoms with Crippen LogP contribution in [0.5, 0.6) is 0 Å². The second kappa shape index (κ2) is 6.85. The summed E-state index contributed by atoms with van der Waals surface area (Å²) in [7, 11) is 0. The summed E-state index contributed by atoms with van der Waals surface area (Å²) in [6.45, 7) is 4.42. The molecule has 0 aliphatic carbocycles. The van der Waals surface area contributed by atoms with E-state index >= 15 is 0 Å². The SMILES string of the molecule is CCC(CC)C(O)CNC(=O)Cc1cn2ccsc2n1. The fraction of sp³-hybridized carbons (Fsp3) is 0.571. The Hall–Kier alpha value is -1.40. The molecule has 0 aliphatic heterocycles. The van der Waals surface area contributed by atoms with Gasteiger partial charge in [-0.05, 0) is 5.92 Å². The van der Waals surface area contributed by atoms with Crippen LogP contribution in [0, 0.1) is 5.92 Å². The molecule has 2 rings (SSSR count). The number of amides is 1. The molecule has 1 atom stereocenters. The number of aromatic nitrogens is 2. The van der Waals surface area contributed by atoms with Crippen LogP contribution in [0.2, 0.25) is 0 Å². The minimum absolute atomic E-state index is 0.0965. The number of rotatable bonds is 7. The quantitative estimate of drug-likeness (QED) is 0.819. The molecular weight excluding hydrogens is 274 g/mol. The number of fused-ring (bicyclic) bond motifs is 1. The molecule has 0 saturated carbocycles. The Kier molecular flexibility index (Phi) is 5.14. The molecule has 110 valence electrons. The highest BCUT2D eigenvalue weighted by molar-refractivity contribution is 7.15. The lowest BCUT2D eigenvalue weighted by atomic mass is 9.96. The van der Waals surface area contributed by atoms with E-state index in [2.05, 4.69) is 24.1 Å². The second-order valence-electron chi connectivity index (χ2n) is 4.95. The molecule has 0 fully saturated rings. The maximum absolute atomic E-state index is 11.8. The van der Waals surface area contributed by atoms with E-state index in [0.717, 1.165) is 23.5 Å². The maximum atomic E-state index is 11.8. The van der Waals surface area contributed by atoms with Crippen molar-refractivity contribution >= 4 is 22.2 Å². The van der Waals surface area contributed by atoms with Crippen molar-refractivity contribution < 1.29 is 9.90 Å². The summed E-state index contributed by atoms with van der Waals surface area (Å²) in [4.78, 5) is 17.1. The van der Waals surface area contributed by atoms with Gasteiger partial charge in [0.05, 0.1) is 18.2 Å². The summed E-state index contributed by atoms with van der Waals surface area (Å²) >= 11 is 1.54. The Morgan fingerprint density at radius 3 is 2.90 bits per heavy atom. The minimum atomic E-state index is -0.473. The number of aliphatic hydroxyl groups is 1. The van der Waals surface area contributed by atoms with Crippen LogP contribution >= 0.6 is 11.3 Å². The number of thiazole rings is 1. The van der Waals surface area contributed by atoms with Crippen LogP contribution in [-0.2, 0) is 11.2 Å². The van der Waals surface area contributed by atoms with Gasteiger partial charge in [-0.3, -0.25) is 9.20 Å². The number of nitrogens with one attached hydrogen (secondary N) is 1. The van der Waals surface area contributed by atoms with Crippen molar-refractivity contribution in [2.75, 3.05) is 6.54 Å². The molecule has 1 amide bonds. The summed E-state index contributed by atoms with van der Waals surface area (Å²) in [5.41, 5.74) is 0.756. The van der Waals surface area contributed by atoms with Gasteiger partial charge in [-0.2, -0.15) is 0 Å². The number of hydrogen-bond donors (Lipinski definition) is 2. The zero-order valence-corrected chi connectivity index (χ0v) is 12.7. The van der Waals surface area contributed by atoms with Crippen LogP contribution in [-0.4, -0.2) is 33.0 Å².